The Bertz CT molecular complexity index is 2410. The molecule has 0 spiro atoms. The topological polar surface area (TPSA) is 8.17 Å². The van der Waals surface area contributed by atoms with E-state index in [0.717, 1.165) is 24.2 Å². The molecule has 1 aromatic heterocycles. The predicted octanol–water partition coefficient (Wildman–Crippen LogP) is 12.5. The van der Waals surface area contributed by atoms with Crippen molar-refractivity contribution in [3.63, 3.8) is 0 Å². The third-order valence-corrected chi connectivity index (χ3v) is 9.68. The SMILES string of the molecule is C1=Cc2c(c3ccccc3n2-c2ccc(-c3ccc(-c4ccc(N(c5ccccc5)c5cccc6ccccc56)cc4)cc3)cc2)CC1. The maximum Gasteiger partial charge on any atom is 0.0540 e. The Balaban J connectivity index is 1.00. The highest BCUT2D eigenvalue weighted by atomic mass is 15.1. The van der Waals surface area contributed by atoms with Gasteiger partial charge in [-0.15, -0.1) is 0 Å². The summed E-state index contributed by atoms with van der Waals surface area (Å²) >= 11 is 0. The summed E-state index contributed by atoms with van der Waals surface area (Å²) in [5.74, 6) is 0. The van der Waals surface area contributed by atoms with E-state index in [1.807, 2.05) is 0 Å². The molecule has 2 nitrogen and oxygen atoms in total. The van der Waals surface area contributed by atoms with Crippen LogP contribution in [0.15, 0.2) is 176 Å². The van der Waals surface area contributed by atoms with Crippen molar-refractivity contribution < 1.29 is 0 Å². The molecule has 2 heteroatoms. The van der Waals surface area contributed by atoms with Crippen LogP contribution < -0.4 is 4.90 Å². The zero-order valence-corrected chi connectivity index (χ0v) is 26.6. The van der Waals surface area contributed by atoms with Gasteiger partial charge in [0.1, 0.15) is 0 Å². The summed E-state index contributed by atoms with van der Waals surface area (Å²) in [5, 5.41) is 3.83. The first kappa shape index (κ1) is 28.1. The van der Waals surface area contributed by atoms with E-state index in [0.29, 0.717) is 0 Å². The summed E-state index contributed by atoms with van der Waals surface area (Å²) in [5.41, 5.74) is 13.5. The maximum atomic E-state index is 2.41. The minimum absolute atomic E-state index is 1.10. The van der Waals surface area contributed by atoms with Crippen LogP contribution in [0.25, 0.3) is 55.7 Å². The van der Waals surface area contributed by atoms with E-state index in [2.05, 4.69) is 191 Å². The number of benzene rings is 7. The van der Waals surface area contributed by atoms with Crippen LogP contribution in [0.1, 0.15) is 17.7 Å². The molecule has 0 saturated heterocycles. The van der Waals surface area contributed by atoms with Crippen molar-refractivity contribution in [3.8, 4) is 27.9 Å². The molecule has 0 amide bonds. The molecular formula is C46H34N2. The third kappa shape index (κ3) is 4.90. The minimum Gasteiger partial charge on any atom is -0.310 e. The van der Waals surface area contributed by atoms with E-state index < -0.39 is 0 Å². The first-order chi connectivity index (χ1) is 23.8. The van der Waals surface area contributed by atoms with Crippen LogP contribution in [-0.2, 0) is 6.42 Å². The van der Waals surface area contributed by atoms with Crippen molar-refractivity contribution in [3.05, 3.63) is 187 Å². The molecule has 228 valence electrons. The number of anilines is 3. The van der Waals surface area contributed by atoms with Gasteiger partial charge >= 0.3 is 0 Å². The number of aryl methyl sites for hydroxylation is 1. The largest absolute Gasteiger partial charge is 0.310 e. The molecular weight excluding hydrogens is 581 g/mol. The van der Waals surface area contributed by atoms with Crippen LogP contribution in [0.5, 0.6) is 0 Å². The van der Waals surface area contributed by atoms with Crippen molar-refractivity contribution in [1.29, 1.82) is 0 Å². The second-order valence-electron chi connectivity index (χ2n) is 12.5. The van der Waals surface area contributed by atoms with E-state index >= 15 is 0 Å². The highest BCUT2D eigenvalue weighted by Crippen LogP contribution is 2.40. The van der Waals surface area contributed by atoms with Crippen molar-refractivity contribution >= 4 is 44.8 Å². The molecule has 1 aliphatic rings. The lowest BCUT2D eigenvalue weighted by Crippen LogP contribution is -2.10. The number of para-hydroxylation sites is 2. The predicted molar refractivity (Wildman–Crippen MR) is 204 cm³/mol. The van der Waals surface area contributed by atoms with Gasteiger partial charge < -0.3 is 9.47 Å². The molecule has 48 heavy (non-hydrogen) atoms. The fraction of sp³-hybridized carbons (Fsp3) is 0.0435. The number of nitrogens with zero attached hydrogens (tertiary/aromatic N) is 2. The van der Waals surface area contributed by atoms with Gasteiger partial charge in [-0.1, -0.05) is 127 Å². The van der Waals surface area contributed by atoms with E-state index in [1.54, 1.807) is 0 Å². The fourth-order valence-corrected chi connectivity index (χ4v) is 7.33. The Morgan fingerprint density at radius 2 is 1.02 bits per heavy atom. The monoisotopic (exact) mass is 614 g/mol. The van der Waals surface area contributed by atoms with Gasteiger partial charge in [-0.05, 0) is 101 Å². The number of rotatable bonds is 6. The maximum absolute atomic E-state index is 2.41. The van der Waals surface area contributed by atoms with Crippen LogP contribution in [0.3, 0.4) is 0 Å². The van der Waals surface area contributed by atoms with Crippen LogP contribution in [-0.4, -0.2) is 4.57 Å². The smallest absolute Gasteiger partial charge is 0.0540 e. The van der Waals surface area contributed by atoms with E-state index in [-0.39, 0.29) is 0 Å². The normalized spacial score (nSPS) is 12.3. The second-order valence-corrected chi connectivity index (χ2v) is 12.5. The molecule has 7 aromatic carbocycles. The zero-order chi connectivity index (χ0) is 31.9. The molecule has 0 radical (unpaired) electrons. The minimum atomic E-state index is 1.10. The zero-order valence-electron chi connectivity index (χ0n) is 26.6. The Hall–Kier alpha value is -6.12. The van der Waals surface area contributed by atoms with E-state index in [9.17, 15) is 0 Å². The lowest BCUT2D eigenvalue weighted by Gasteiger charge is -2.27. The van der Waals surface area contributed by atoms with Crippen molar-refractivity contribution in [2.24, 2.45) is 0 Å². The molecule has 0 unspecified atom stereocenters. The Morgan fingerprint density at radius 1 is 0.458 bits per heavy atom. The standard InChI is InChI=1S/C46H34N2/c1-2-13-38(14-3-1)47(44-20-10-12-37-11-4-5-15-41(37)44)39-29-25-35(26-30-39)33-21-23-34(24-22-33)36-27-31-40(32-28-36)48-45-18-8-6-16-42(45)43-17-7-9-19-46(43)48/h1-6,8-16,18-32H,7,17H2. The van der Waals surface area contributed by atoms with Crippen molar-refractivity contribution in [1.82, 2.24) is 4.57 Å². The van der Waals surface area contributed by atoms with Crippen LogP contribution in [0, 0.1) is 0 Å². The summed E-state index contributed by atoms with van der Waals surface area (Å²) in [6.07, 6.45) is 6.80. The summed E-state index contributed by atoms with van der Waals surface area (Å²) in [6.45, 7) is 0. The van der Waals surface area contributed by atoms with Gasteiger partial charge in [-0.25, -0.2) is 0 Å². The van der Waals surface area contributed by atoms with E-state index in [4.69, 9.17) is 0 Å². The molecule has 0 N–H and O–H groups in total. The number of aromatic nitrogens is 1. The third-order valence-electron chi connectivity index (χ3n) is 9.68. The Labute approximate surface area is 281 Å². The van der Waals surface area contributed by atoms with Gasteiger partial charge in [-0.2, -0.15) is 0 Å². The number of hydrogen-bond donors (Lipinski definition) is 0. The second kappa shape index (κ2) is 11.9. The highest BCUT2D eigenvalue weighted by molar-refractivity contribution is 5.99. The van der Waals surface area contributed by atoms with Gasteiger partial charge in [0.25, 0.3) is 0 Å². The van der Waals surface area contributed by atoms with Gasteiger partial charge in [0, 0.05) is 33.5 Å². The van der Waals surface area contributed by atoms with Crippen LogP contribution in [0.4, 0.5) is 17.1 Å². The van der Waals surface area contributed by atoms with Crippen molar-refractivity contribution in [2.45, 2.75) is 12.8 Å². The van der Waals surface area contributed by atoms with Gasteiger partial charge in [-0.3, -0.25) is 0 Å². The highest BCUT2D eigenvalue weighted by Gasteiger charge is 2.18. The molecule has 0 bridgehead atoms. The summed E-state index contributed by atoms with van der Waals surface area (Å²) in [4.78, 5) is 2.35. The first-order valence-electron chi connectivity index (χ1n) is 16.7. The first-order valence-corrected chi connectivity index (χ1v) is 16.7. The molecule has 0 atom stereocenters. The summed E-state index contributed by atoms with van der Waals surface area (Å²) in [7, 11) is 0. The Morgan fingerprint density at radius 3 is 1.75 bits per heavy atom. The Kier molecular flexibility index (Phi) is 6.98. The fourth-order valence-electron chi connectivity index (χ4n) is 7.33. The molecule has 0 aliphatic heterocycles. The molecule has 8 aromatic rings. The summed E-state index contributed by atoms with van der Waals surface area (Å²) < 4.78 is 2.41. The molecule has 1 aliphatic carbocycles. The average molecular weight is 615 g/mol. The van der Waals surface area contributed by atoms with Crippen LogP contribution in [0.2, 0.25) is 0 Å². The summed E-state index contributed by atoms with van der Waals surface area (Å²) in [6, 6.07) is 61.4. The molecule has 0 fully saturated rings. The lowest BCUT2D eigenvalue weighted by atomic mass is 9.99. The number of allylic oxidation sites excluding steroid dienone is 1. The molecule has 0 saturated carbocycles. The molecule has 9 rings (SSSR count). The van der Waals surface area contributed by atoms with Gasteiger partial charge in [0.15, 0.2) is 0 Å². The van der Waals surface area contributed by atoms with Crippen molar-refractivity contribution in [2.75, 3.05) is 4.90 Å². The average Bonchev–Trinajstić information content (AvgIpc) is 3.50. The quantitative estimate of drug-likeness (QED) is 0.181. The molecule has 1 heterocycles. The van der Waals surface area contributed by atoms with E-state index in [1.165, 1.54) is 66.6 Å². The number of fused-ring (bicyclic) bond motifs is 4. The van der Waals surface area contributed by atoms with Gasteiger partial charge in [0.2, 0.25) is 0 Å². The number of hydrogen-bond acceptors (Lipinski definition) is 1. The lowest BCUT2D eigenvalue weighted by molar-refractivity contribution is 0.967. The van der Waals surface area contributed by atoms with Gasteiger partial charge in [0.05, 0.1) is 11.2 Å². The van der Waals surface area contributed by atoms with Crippen LogP contribution >= 0.6 is 0 Å².